The number of nitrogens with zero attached hydrogens (tertiary/aromatic N) is 1. The van der Waals surface area contributed by atoms with Gasteiger partial charge < -0.3 is 10.2 Å². The monoisotopic (exact) mass is 400 g/mol. The Morgan fingerprint density at radius 1 is 1.20 bits per heavy atom. The molecule has 2 aromatic rings. The Balaban J connectivity index is 1.58. The molecule has 1 N–H and O–H groups in total. The zero-order valence-corrected chi connectivity index (χ0v) is 15.1. The predicted octanol–water partition coefficient (Wildman–Crippen LogP) is 2.97. The fourth-order valence-electron chi connectivity index (χ4n) is 2.88. The number of carbonyl (C=O) groups excluding carboxylic acids is 3. The van der Waals surface area contributed by atoms with Gasteiger partial charge in [0.05, 0.1) is 5.56 Å². The first kappa shape index (κ1) is 17.4. The lowest BCUT2D eigenvalue weighted by atomic mass is 10.0. The molecule has 0 atom stereocenters. The number of Topliss-reactive ketones (excluding diaryl/α,β-unsaturated/α-hetero) is 1. The number of rotatable bonds is 6. The molecule has 1 aliphatic heterocycles. The molecule has 0 aromatic heterocycles. The smallest absolute Gasteiger partial charge is 0.252 e. The minimum absolute atomic E-state index is 0.0280. The fourth-order valence-corrected chi connectivity index (χ4v) is 3.35. The highest BCUT2D eigenvalue weighted by Gasteiger charge is 2.20. The topological polar surface area (TPSA) is 66.5 Å². The van der Waals surface area contributed by atoms with Gasteiger partial charge in [-0.1, -0.05) is 12.1 Å². The van der Waals surface area contributed by atoms with Crippen LogP contribution in [-0.2, 0) is 11.2 Å². The summed E-state index contributed by atoms with van der Waals surface area (Å²) in [5.74, 6) is -0.240. The van der Waals surface area contributed by atoms with Crippen LogP contribution in [0.3, 0.4) is 0 Å². The SMILES string of the molecule is O=CN1CCc2cc(C(=O)CCNC(=O)c3ccccc3Br)ccc21. The van der Waals surface area contributed by atoms with Gasteiger partial charge in [-0.3, -0.25) is 14.4 Å². The van der Waals surface area contributed by atoms with Gasteiger partial charge in [-0.25, -0.2) is 0 Å². The summed E-state index contributed by atoms with van der Waals surface area (Å²) in [6.07, 6.45) is 1.80. The maximum atomic E-state index is 12.3. The van der Waals surface area contributed by atoms with E-state index in [-0.39, 0.29) is 24.7 Å². The summed E-state index contributed by atoms with van der Waals surface area (Å²) in [5, 5.41) is 2.76. The van der Waals surface area contributed by atoms with Crippen molar-refractivity contribution in [3.8, 4) is 0 Å². The van der Waals surface area contributed by atoms with E-state index in [1.54, 1.807) is 29.2 Å². The summed E-state index contributed by atoms with van der Waals surface area (Å²) >= 11 is 3.34. The molecule has 0 fully saturated rings. The van der Waals surface area contributed by atoms with Crippen LogP contribution >= 0.6 is 15.9 Å². The molecule has 0 unspecified atom stereocenters. The Morgan fingerprint density at radius 3 is 2.76 bits per heavy atom. The van der Waals surface area contributed by atoms with Gasteiger partial charge in [0.25, 0.3) is 5.91 Å². The molecule has 5 nitrogen and oxygen atoms in total. The Morgan fingerprint density at radius 2 is 2.00 bits per heavy atom. The maximum Gasteiger partial charge on any atom is 0.252 e. The lowest BCUT2D eigenvalue weighted by molar-refractivity contribution is -0.107. The van der Waals surface area contributed by atoms with Gasteiger partial charge in [-0.2, -0.15) is 0 Å². The van der Waals surface area contributed by atoms with E-state index in [9.17, 15) is 14.4 Å². The molecule has 2 aromatic carbocycles. The first-order valence-corrected chi connectivity index (χ1v) is 8.80. The molecule has 0 saturated heterocycles. The van der Waals surface area contributed by atoms with Gasteiger partial charge in [-0.05, 0) is 58.2 Å². The first-order valence-electron chi connectivity index (χ1n) is 8.01. The molecule has 0 saturated carbocycles. The van der Waals surface area contributed by atoms with Crippen molar-refractivity contribution in [2.75, 3.05) is 18.0 Å². The van der Waals surface area contributed by atoms with E-state index in [0.717, 1.165) is 28.6 Å². The number of carbonyl (C=O) groups is 3. The minimum atomic E-state index is -0.212. The molecule has 0 bridgehead atoms. The highest BCUT2D eigenvalue weighted by atomic mass is 79.9. The molecule has 1 aliphatic rings. The molecule has 0 aliphatic carbocycles. The number of nitrogens with one attached hydrogen (secondary N) is 1. The van der Waals surface area contributed by atoms with Crippen molar-refractivity contribution in [1.82, 2.24) is 5.32 Å². The third-order valence-corrected chi connectivity index (χ3v) is 4.91. The number of hydrogen-bond acceptors (Lipinski definition) is 3. The molecule has 1 heterocycles. The molecule has 3 rings (SSSR count). The van der Waals surface area contributed by atoms with Crippen LogP contribution in [0.5, 0.6) is 0 Å². The largest absolute Gasteiger partial charge is 0.352 e. The predicted molar refractivity (Wildman–Crippen MR) is 99.0 cm³/mol. The number of ketones is 1. The van der Waals surface area contributed by atoms with Crippen LogP contribution in [0.2, 0.25) is 0 Å². The van der Waals surface area contributed by atoms with Gasteiger partial charge >= 0.3 is 0 Å². The zero-order chi connectivity index (χ0) is 17.8. The minimum Gasteiger partial charge on any atom is -0.352 e. The average Bonchev–Trinajstić information content (AvgIpc) is 3.04. The van der Waals surface area contributed by atoms with Crippen LogP contribution in [0.25, 0.3) is 0 Å². The lowest BCUT2D eigenvalue weighted by Gasteiger charge is -2.10. The summed E-state index contributed by atoms with van der Waals surface area (Å²) < 4.78 is 0.720. The van der Waals surface area contributed by atoms with Gasteiger partial charge in [0.1, 0.15) is 0 Å². The Hall–Kier alpha value is -2.47. The summed E-state index contributed by atoms with van der Waals surface area (Å²) in [6, 6.07) is 12.5. The van der Waals surface area contributed by atoms with Crippen LogP contribution < -0.4 is 10.2 Å². The fraction of sp³-hybridized carbons (Fsp3) is 0.211. The van der Waals surface area contributed by atoms with Gasteiger partial charge in [0, 0.05) is 35.2 Å². The van der Waals surface area contributed by atoms with Crippen LogP contribution in [-0.4, -0.2) is 31.2 Å². The molecule has 25 heavy (non-hydrogen) atoms. The highest BCUT2D eigenvalue weighted by Crippen LogP contribution is 2.27. The van der Waals surface area contributed by atoms with Gasteiger partial charge in [0.2, 0.25) is 6.41 Å². The van der Waals surface area contributed by atoms with E-state index in [1.165, 1.54) is 0 Å². The maximum absolute atomic E-state index is 12.3. The van der Waals surface area contributed by atoms with E-state index in [1.807, 2.05) is 18.2 Å². The van der Waals surface area contributed by atoms with Crippen molar-refractivity contribution in [2.24, 2.45) is 0 Å². The molecular weight excluding hydrogens is 384 g/mol. The number of benzene rings is 2. The second-order valence-corrected chi connectivity index (χ2v) is 6.66. The quantitative estimate of drug-likeness (QED) is 0.598. The van der Waals surface area contributed by atoms with Gasteiger partial charge in [-0.15, -0.1) is 0 Å². The molecule has 6 heteroatoms. The van der Waals surface area contributed by atoms with Crippen LogP contribution in [0.1, 0.15) is 32.7 Å². The van der Waals surface area contributed by atoms with Crippen molar-refractivity contribution >= 4 is 39.7 Å². The lowest BCUT2D eigenvalue weighted by Crippen LogP contribution is -2.26. The van der Waals surface area contributed by atoms with Crippen molar-refractivity contribution in [3.05, 3.63) is 63.6 Å². The van der Waals surface area contributed by atoms with Crippen molar-refractivity contribution in [1.29, 1.82) is 0 Å². The Labute approximate surface area is 154 Å². The molecule has 0 spiro atoms. The third-order valence-electron chi connectivity index (χ3n) is 4.22. The summed E-state index contributed by atoms with van der Waals surface area (Å²) in [4.78, 5) is 37.0. The molecule has 0 radical (unpaired) electrons. The zero-order valence-electron chi connectivity index (χ0n) is 13.5. The standard InChI is InChI=1S/C19H17BrN2O3/c20-16-4-2-1-3-15(16)19(25)21-9-7-18(24)14-5-6-17-13(11-14)8-10-22(17)12-23/h1-6,11-12H,7-10H2,(H,21,25). The number of halogens is 1. The van der Waals surface area contributed by atoms with Crippen molar-refractivity contribution in [2.45, 2.75) is 12.8 Å². The third kappa shape index (κ3) is 3.79. The van der Waals surface area contributed by atoms with E-state index in [4.69, 9.17) is 0 Å². The van der Waals surface area contributed by atoms with E-state index in [2.05, 4.69) is 21.2 Å². The summed E-state index contributed by atoms with van der Waals surface area (Å²) in [6.45, 7) is 0.926. The van der Waals surface area contributed by atoms with Crippen LogP contribution in [0.15, 0.2) is 46.9 Å². The summed E-state index contributed by atoms with van der Waals surface area (Å²) in [7, 11) is 0. The Bertz CT molecular complexity index is 835. The molecule has 128 valence electrons. The number of amides is 2. The molecular formula is C19H17BrN2O3. The summed E-state index contributed by atoms with van der Waals surface area (Å²) in [5.41, 5.74) is 3.03. The second kappa shape index (κ2) is 7.61. The molecule has 2 amide bonds. The van der Waals surface area contributed by atoms with E-state index >= 15 is 0 Å². The average molecular weight is 401 g/mol. The highest BCUT2D eigenvalue weighted by molar-refractivity contribution is 9.10. The normalized spacial score (nSPS) is 12.6. The number of hydrogen-bond donors (Lipinski definition) is 1. The number of fused-ring (bicyclic) bond motifs is 1. The van der Waals surface area contributed by atoms with Crippen LogP contribution in [0, 0.1) is 0 Å². The van der Waals surface area contributed by atoms with Crippen molar-refractivity contribution in [3.63, 3.8) is 0 Å². The van der Waals surface area contributed by atoms with Gasteiger partial charge in [0.15, 0.2) is 5.78 Å². The second-order valence-electron chi connectivity index (χ2n) is 5.80. The van der Waals surface area contributed by atoms with E-state index < -0.39 is 0 Å². The van der Waals surface area contributed by atoms with Crippen molar-refractivity contribution < 1.29 is 14.4 Å². The first-order chi connectivity index (χ1) is 12.1. The van der Waals surface area contributed by atoms with Crippen LogP contribution in [0.4, 0.5) is 5.69 Å². The number of anilines is 1. The Kier molecular flexibility index (Phi) is 5.28. The van der Waals surface area contributed by atoms with E-state index in [0.29, 0.717) is 17.7 Å².